The van der Waals surface area contributed by atoms with E-state index in [-0.39, 0.29) is 10.9 Å². The molecule has 4 nitrogen and oxygen atoms in total. The van der Waals surface area contributed by atoms with Crippen molar-refractivity contribution in [3.05, 3.63) is 23.2 Å². The monoisotopic (exact) mass is 331 g/mol. The van der Waals surface area contributed by atoms with Crippen LogP contribution in [0, 0.1) is 0 Å². The fourth-order valence-electron chi connectivity index (χ4n) is 2.76. The van der Waals surface area contributed by atoms with Gasteiger partial charge in [0, 0.05) is 24.2 Å². The highest BCUT2D eigenvalue weighted by Crippen LogP contribution is 2.32. The molecule has 0 radical (unpaired) electrons. The topological polar surface area (TPSA) is 46.6 Å². The van der Waals surface area contributed by atoms with Crippen LogP contribution in [0.4, 0.5) is 0 Å². The first kappa shape index (κ1) is 16.6. The van der Waals surface area contributed by atoms with Gasteiger partial charge in [0.15, 0.2) is 0 Å². The maximum atomic E-state index is 12.8. The van der Waals surface area contributed by atoms with E-state index < -0.39 is 10.0 Å². The zero-order valence-electron chi connectivity index (χ0n) is 12.5. The summed E-state index contributed by atoms with van der Waals surface area (Å²) in [6.07, 6.45) is 5.21. The normalized spacial score (nSPS) is 17.1. The number of hydrogen-bond donors (Lipinski definition) is 0. The van der Waals surface area contributed by atoms with Crippen LogP contribution in [0.1, 0.15) is 39.0 Å². The van der Waals surface area contributed by atoms with Gasteiger partial charge in [-0.3, -0.25) is 0 Å². The minimum atomic E-state index is -3.56. The Morgan fingerprint density at radius 1 is 1.29 bits per heavy atom. The fourth-order valence-corrected chi connectivity index (χ4v) is 4.45. The van der Waals surface area contributed by atoms with E-state index in [0.717, 1.165) is 25.7 Å². The smallest absolute Gasteiger partial charge is 0.246 e. The van der Waals surface area contributed by atoms with Crippen molar-refractivity contribution in [2.75, 3.05) is 13.7 Å². The minimum Gasteiger partial charge on any atom is -0.492 e. The summed E-state index contributed by atoms with van der Waals surface area (Å²) in [5.41, 5.74) is 0. The van der Waals surface area contributed by atoms with Crippen molar-refractivity contribution >= 4 is 21.6 Å². The predicted octanol–water partition coefficient (Wildman–Crippen LogP) is 3.69. The molecule has 0 bridgehead atoms. The van der Waals surface area contributed by atoms with Crippen molar-refractivity contribution in [3.8, 4) is 5.75 Å². The Morgan fingerprint density at radius 2 is 1.95 bits per heavy atom. The average molecular weight is 332 g/mol. The molecule has 0 spiro atoms. The van der Waals surface area contributed by atoms with E-state index in [1.807, 2.05) is 6.92 Å². The molecular formula is C15H22ClNO3S. The molecule has 1 aliphatic carbocycles. The number of halogens is 1. The Balaban J connectivity index is 2.34. The largest absolute Gasteiger partial charge is 0.492 e. The van der Waals surface area contributed by atoms with Gasteiger partial charge in [-0.05, 0) is 31.9 Å². The van der Waals surface area contributed by atoms with Gasteiger partial charge < -0.3 is 4.74 Å². The highest BCUT2D eigenvalue weighted by molar-refractivity contribution is 7.89. The molecule has 0 amide bonds. The van der Waals surface area contributed by atoms with Crippen LogP contribution in [-0.2, 0) is 10.0 Å². The molecule has 1 aromatic carbocycles. The summed E-state index contributed by atoms with van der Waals surface area (Å²) in [4.78, 5) is 0.196. The first-order valence-corrected chi connectivity index (χ1v) is 9.19. The molecule has 1 saturated carbocycles. The van der Waals surface area contributed by atoms with Crippen LogP contribution >= 0.6 is 11.6 Å². The molecule has 0 atom stereocenters. The quantitative estimate of drug-likeness (QED) is 0.826. The third-order valence-electron chi connectivity index (χ3n) is 3.95. The molecule has 1 aromatic rings. The third-order valence-corrected chi connectivity index (χ3v) is 6.14. The lowest BCUT2D eigenvalue weighted by Gasteiger charge is -2.30. The molecule has 0 aliphatic heterocycles. The summed E-state index contributed by atoms with van der Waals surface area (Å²) in [6.45, 7) is 2.22. The predicted molar refractivity (Wildman–Crippen MR) is 84.4 cm³/mol. The maximum Gasteiger partial charge on any atom is 0.246 e. The Labute approximate surface area is 132 Å². The molecule has 1 aliphatic rings. The SMILES string of the molecule is CCOc1cc(Cl)ccc1S(=O)(=O)N(C)C1CCCCC1. The third kappa shape index (κ3) is 3.71. The molecule has 118 valence electrons. The van der Waals surface area contributed by atoms with E-state index in [1.54, 1.807) is 19.2 Å². The van der Waals surface area contributed by atoms with Crippen molar-refractivity contribution in [1.29, 1.82) is 0 Å². The molecule has 0 heterocycles. The molecule has 0 N–H and O–H groups in total. The summed E-state index contributed by atoms with van der Waals surface area (Å²) in [7, 11) is -1.90. The highest BCUT2D eigenvalue weighted by atomic mass is 35.5. The van der Waals surface area contributed by atoms with Crippen molar-refractivity contribution in [3.63, 3.8) is 0 Å². The van der Waals surface area contributed by atoms with Crippen LogP contribution < -0.4 is 4.74 Å². The van der Waals surface area contributed by atoms with E-state index in [0.29, 0.717) is 17.4 Å². The average Bonchev–Trinajstić information content (AvgIpc) is 2.47. The van der Waals surface area contributed by atoms with Gasteiger partial charge in [0.25, 0.3) is 0 Å². The molecule has 21 heavy (non-hydrogen) atoms. The van der Waals surface area contributed by atoms with Crippen molar-refractivity contribution in [1.82, 2.24) is 4.31 Å². The first-order chi connectivity index (χ1) is 9.96. The maximum absolute atomic E-state index is 12.8. The summed E-state index contributed by atoms with van der Waals surface area (Å²) >= 11 is 5.94. The lowest BCUT2D eigenvalue weighted by Crippen LogP contribution is -2.38. The van der Waals surface area contributed by atoms with Gasteiger partial charge in [-0.1, -0.05) is 30.9 Å². The van der Waals surface area contributed by atoms with Gasteiger partial charge in [-0.2, -0.15) is 4.31 Å². The lowest BCUT2D eigenvalue weighted by atomic mass is 9.96. The van der Waals surface area contributed by atoms with Crippen molar-refractivity contribution in [2.45, 2.75) is 50.0 Å². The second kappa shape index (κ2) is 6.99. The first-order valence-electron chi connectivity index (χ1n) is 7.37. The summed E-state index contributed by atoms with van der Waals surface area (Å²) < 4.78 is 32.6. The molecule has 1 fully saturated rings. The minimum absolute atomic E-state index is 0.0777. The molecule has 6 heteroatoms. The summed E-state index contributed by atoms with van der Waals surface area (Å²) in [6, 6.07) is 4.76. The van der Waals surface area contributed by atoms with Crippen LogP contribution in [-0.4, -0.2) is 32.4 Å². The number of sulfonamides is 1. The Kier molecular flexibility index (Phi) is 5.52. The number of hydrogen-bond acceptors (Lipinski definition) is 3. The second-order valence-corrected chi connectivity index (χ2v) is 7.74. The van der Waals surface area contributed by atoms with E-state index >= 15 is 0 Å². The van der Waals surface area contributed by atoms with E-state index in [2.05, 4.69) is 0 Å². The van der Waals surface area contributed by atoms with Gasteiger partial charge in [-0.15, -0.1) is 0 Å². The van der Waals surface area contributed by atoms with Crippen LogP contribution in [0.5, 0.6) is 5.75 Å². The molecule has 0 aromatic heterocycles. The van der Waals surface area contributed by atoms with Crippen LogP contribution in [0.25, 0.3) is 0 Å². The van der Waals surface area contributed by atoms with Crippen LogP contribution in [0.3, 0.4) is 0 Å². The van der Waals surface area contributed by atoms with Gasteiger partial charge >= 0.3 is 0 Å². The summed E-state index contributed by atoms with van der Waals surface area (Å²) in [5.74, 6) is 0.327. The Morgan fingerprint density at radius 3 is 2.57 bits per heavy atom. The lowest BCUT2D eigenvalue weighted by molar-refractivity contribution is 0.283. The van der Waals surface area contributed by atoms with E-state index in [4.69, 9.17) is 16.3 Å². The van der Waals surface area contributed by atoms with E-state index in [1.165, 1.54) is 16.8 Å². The number of rotatable bonds is 5. The molecule has 0 unspecified atom stereocenters. The van der Waals surface area contributed by atoms with Crippen LogP contribution in [0.2, 0.25) is 5.02 Å². The number of benzene rings is 1. The van der Waals surface area contributed by atoms with Gasteiger partial charge in [0.05, 0.1) is 6.61 Å². The highest BCUT2D eigenvalue weighted by Gasteiger charge is 2.31. The van der Waals surface area contributed by atoms with Gasteiger partial charge in [-0.25, -0.2) is 8.42 Å². The van der Waals surface area contributed by atoms with Gasteiger partial charge in [0.1, 0.15) is 10.6 Å². The number of ether oxygens (including phenoxy) is 1. The van der Waals surface area contributed by atoms with Crippen molar-refractivity contribution < 1.29 is 13.2 Å². The fraction of sp³-hybridized carbons (Fsp3) is 0.600. The zero-order chi connectivity index (χ0) is 15.5. The van der Waals surface area contributed by atoms with Crippen LogP contribution in [0.15, 0.2) is 23.1 Å². The van der Waals surface area contributed by atoms with Crippen molar-refractivity contribution in [2.24, 2.45) is 0 Å². The van der Waals surface area contributed by atoms with E-state index in [9.17, 15) is 8.42 Å². The molecule has 0 saturated heterocycles. The zero-order valence-corrected chi connectivity index (χ0v) is 14.1. The molecule has 2 rings (SSSR count). The summed E-state index contributed by atoms with van der Waals surface area (Å²) in [5, 5.41) is 0.470. The number of nitrogens with zero attached hydrogens (tertiary/aromatic N) is 1. The Hall–Kier alpha value is -0.780. The van der Waals surface area contributed by atoms with Gasteiger partial charge in [0.2, 0.25) is 10.0 Å². The standard InChI is InChI=1S/C15H22ClNO3S/c1-3-20-14-11-12(16)9-10-15(14)21(18,19)17(2)13-7-5-4-6-8-13/h9-11,13H,3-8H2,1-2H3. The Bertz CT molecular complexity index is 583. The second-order valence-electron chi connectivity index (χ2n) is 5.34. The molecular weight excluding hydrogens is 310 g/mol.